The van der Waals surface area contributed by atoms with Crippen LogP contribution in [-0.4, -0.2) is 37.6 Å². The van der Waals surface area contributed by atoms with Crippen LogP contribution in [0, 0.1) is 5.82 Å². The van der Waals surface area contributed by atoms with E-state index in [9.17, 15) is 22.4 Å². The third-order valence-corrected chi connectivity index (χ3v) is 2.92. The Labute approximate surface area is 126 Å². The summed E-state index contributed by atoms with van der Waals surface area (Å²) in [5.41, 5.74) is -1.51. The van der Waals surface area contributed by atoms with Crippen LogP contribution in [0.2, 0.25) is 0 Å². The van der Waals surface area contributed by atoms with Crippen LogP contribution in [0.1, 0.15) is 18.9 Å². The monoisotopic (exact) mass is 321 g/mol. The fraction of sp³-hybridized carbons (Fsp3) is 0.500. The minimum Gasteiger partial charge on any atom is -0.326 e. The van der Waals surface area contributed by atoms with Gasteiger partial charge in [-0.2, -0.15) is 13.2 Å². The molecular formula is C14H19F4N3O. The smallest absolute Gasteiger partial charge is 0.326 e. The van der Waals surface area contributed by atoms with Gasteiger partial charge in [0.1, 0.15) is 5.82 Å². The number of likely N-dealkylation sites (N-methyl/N-ethyl adjacent to an activating group) is 1. The molecule has 0 aliphatic carbocycles. The molecule has 1 rings (SSSR count). The molecule has 0 unspecified atom stereocenters. The van der Waals surface area contributed by atoms with Gasteiger partial charge in [-0.15, -0.1) is 0 Å². The highest BCUT2D eigenvalue weighted by Crippen LogP contribution is 2.32. The highest BCUT2D eigenvalue weighted by Gasteiger charge is 2.34. The fourth-order valence-electron chi connectivity index (χ4n) is 1.69. The molecule has 22 heavy (non-hydrogen) atoms. The van der Waals surface area contributed by atoms with Crippen molar-refractivity contribution >= 4 is 11.7 Å². The number of nitrogens with zero attached hydrogens (tertiary/aromatic N) is 1. The van der Waals surface area contributed by atoms with Gasteiger partial charge in [0.05, 0.1) is 5.56 Å². The first-order chi connectivity index (χ1) is 10.3. The number of anilines is 1. The van der Waals surface area contributed by atoms with Crippen molar-refractivity contribution < 1.29 is 22.4 Å². The van der Waals surface area contributed by atoms with Crippen LogP contribution in [0.25, 0.3) is 0 Å². The zero-order chi connectivity index (χ0) is 16.8. The summed E-state index contributed by atoms with van der Waals surface area (Å²) in [4.78, 5) is 13.2. The average molecular weight is 321 g/mol. The molecule has 0 atom stereocenters. The van der Waals surface area contributed by atoms with Crippen molar-refractivity contribution in [2.45, 2.75) is 19.5 Å². The summed E-state index contributed by atoms with van der Waals surface area (Å²) in [5, 5.41) is 5.42. The Morgan fingerprint density at radius 2 is 1.95 bits per heavy atom. The van der Waals surface area contributed by atoms with E-state index in [0.717, 1.165) is 19.0 Å². The quantitative estimate of drug-likeness (QED) is 0.624. The van der Waals surface area contributed by atoms with Gasteiger partial charge in [-0.3, -0.25) is 0 Å². The van der Waals surface area contributed by atoms with Crippen LogP contribution < -0.4 is 10.6 Å². The highest BCUT2D eigenvalue weighted by molar-refractivity contribution is 5.89. The maximum atomic E-state index is 13.1. The Morgan fingerprint density at radius 3 is 2.55 bits per heavy atom. The third kappa shape index (κ3) is 5.51. The number of hydrogen-bond acceptors (Lipinski definition) is 2. The normalized spacial score (nSPS) is 11.4. The number of rotatable bonds is 6. The molecule has 0 bridgehead atoms. The van der Waals surface area contributed by atoms with Crippen molar-refractivity contribution in [1.82, 2.24) is 10.2 Å². The molecule has 0 aromatic heterocycles. The summed E-state index contributed by atoms with van der Waals surface area (Å²) in [6.45, 7) is 3.81. The zero-order valence-electron chi connectivity index (χ0n) is 12.4. The summed E-state index contributed by atoms with van der Waals surface area (Å²) in [7, 11) is 1.52. The van der Waals surface area contributed by atoms with Gasteiger partial charge in [-0.1, -0.05) is 6.92 Å². The lowest BCUT2D eigenvalue weighted by Crippen LogP contribution is -2.36. The predicted octanol–water partition coefficient (Wildman–Crippen LogP) is 3.31. The minimum absolute atomic E-state index is 0.105. The Hall–Kier alpha value is -1.83. The number of urea groups is 1. The van der Waals surface area contributed by atoms with Crippen LogP contribution in [0.5, 0.6) is 0 Å². The lowest BCUT2D eigenvalue weighted by molar-refractivity contribution is -0.139. The van der Waals surface area contributed by atoms with Gasteiger partial charge in [0.25, 0.3) is 0 Å². The molecule has 8 heteroatoms. The Morgan fingerprint density at radius 1 is 1.27 bits per heavy atom. The topological polar surface area (TPSA) is 44.4 Å². The molecule has 1 aromatic rings. The Kier molecular flexibility index (Phi) is 6.61. The van der Waals surface area contributed by atoms with Crippen LogP contribution >= 0.6 is 0 Å². The molecule has 0 radical (unpaired) electrons. The summed E-state index contributed by atoms with van der Waals surface area (Å²) in [6, 6.07) is 1.79. The van der Waals surface area contributed by atoms with Gasteiger partial charge in [-0.25, -0.2) is 9.18 Å². The molecule has 0 aliphatic rings. The molecule has 4 nitrogen and oxygen atoms in total. The number of hydrogen-bond donors (Lipinski definition) is 2. The maximum Gasteiger partial charge on any atom is 0.419 e. The van der Waals surface area contributed by atoms with Crippen molar-refractivity contribution in [3.05, 3.63) is 29.6 Å². The summed E-state index contributed by atoms with van der Waals surface area (Å²) in [5.74, 6) is -1.37. The van der Waals surface area contributed by atoms with E-state index in [-0.39, 0.29) is 5.69 Å². The van der Waals surface area contributed by atoms with Crippen molar-refractivity contribution in [3.8, 4) is 0 Å². The second-order valence-corrected chi connectivity index (χ2v) is 4.79. The first-order valence-electron chi connectivity index (χ1n) is 6.85. The van der Waals surface area contributed by atoms with Crippen LogP contribution in [0.4, 0.5) is 28.0 Å². The van der Waals surface area contributed by atoms with Crippen LogP contribution in [0.3, 0.4) is 0 Å². The third-order valence-electron chi connectivity index (χ3n) is 2.92. The van der Waals surface area contributed by atoms with Crippen molar-refractivity contribution in [2.24, 2.45) is 0 Å². The summed E-state index contributed by atoms with van der Waals surface area (Å²) in [6.07, 6.45) is -3.84. The van der Waals surface area contributed by atoms with E-state index in [1.807, 2.05) is 6.92 Å². The van der Waals surface area contributed by atoms with E-state index in [2.05, 4.69) is 10.6 Å². The number of nitrogens with one attached hydrogen (secondary N) is 2. The molecule has 0 aliphatic heterocycles. The molecule has 0 fully saturated rings. The molecule has 124 valence electrons. The van der Waals surface area contributed by atoms with E-state index in [1.54, 1.807) is 0 Å². The van der Waals surface area contributed by atoms with Gasteiger partial charge in [-0.05, 0) is 31.2 Å². The number of amides is 2. The second-order valence-electron chi connectivity index (χ2n) is 4.79. The summed E-state index contributed by atoms with van der Waals surface area (Å²) < 4.78 is 50.9. The molecule has 0 heterocycles. The van der Waals surface area contributed by atoms with Crippen molar-refractivity contribution in [2.75, 3.05) is 32.0 Å². The maximum absolute atomic E-state index is 13.1. The predicted molar refractivity (Wildman–Crippen MR) is 76.2 cm³/mol. The molecule has 0 spiro atoms. The number of carbonyl (C=O) groups excluding carboxylic acids is 1. The number of benzene rings is 1. The van der Waals surface area contributed by atoms with Gasteiger partial charge in [0.2, 0.25) is 0 Å². The lowest BCUT2D eigenvalue weighted by Gasteiger charge is -2.19. The Balaban J connectivity index is 2.64. The van der Waals surface area contributed by atoms with E-state index in [1.165, 1.54) is 11.9 Å². The number of halogens is 4. The summed E-state index contributed by atoms with van der Waals surface area (Å²) >= 11 is 0. The minimum atomic E-state index is -4.80. The van der Waals surface area contributed by atoms with Crippen molar-refractivity contribution in [1.29, 1.82) is 0 Å². The SMILES string of the molecule is CCCNCCN(C)C(=O)Nc1ccc(F)c(C(F)(F)F)c1. The molecule has 0 saturated carbocycles. The average Bonchev–Trinajstić information content (AvgIpc) is 2.44. The number of alkyl halides is 3. The van der Waals surface area contributed by atoms with Crippen molar-refractivity contribution in [3.63, 3.8) is 0 Å². The first kappa shape index (κ1) is 18.2. The van der Waals surface area contributed by atoms with Gasteiger partial charge < -0.3 is 15.5 Å². The zero-order valence-corrected chi connectivity index (χ0v) is 12.4. The first-order valence-corrected chi connectivity index (χ1v) is 6.85. The molecule has 1 aromatic carbocycles. The molecule has 2 amide bonds. The van der Waals surface area contributed by atoms with E-state index < -0.39 is 23.6 Å². The fourth-order valence-corrected chi connectivity index (χ4v) is 1.69. The molecule has 2 N–H and O–H groups in total. The number of carbonyl (C=O) groups is 1. The van der Waals surface area contributed by atoms with Crippen LogP contribution in [-0.2, 0) is 6.18 Å². The Bertz CT molecular complexity index is 505. The van der Waals surface area contributed by atoms with E-state index in [0.29, 0.717) is 25.2 Å². The second kappa shape index (κ2) is 7.98. The molecule has 0 saturated heterocycles. The standard InChI is InChI=1S/C14H19F4N3O/c1-3-6-19-7-8-21(2)13(22)20-10-4-5-12(15)11(9-10)14(16,17)18/h4-5,9,19H,3,6-8H2,1-2H3,(H,20,22). The lowest BCUT2D eigenvalue weighted by atomic mass is 10.2. The van der Waals surface area contributed by atoms with E-state index >= 15 is 0 Å². The van der Waals surface area contributed by atoms with Crippen LogP contribution in [0.15, 0.2) is 18.2 Å². The largest absolute Gasteiger partial charge is 0.419 e. The van der Waals surface area contributed by atoms with E-state index in [4.69, 9.17) is 0 Å². The van der Waals surface area contributed by atoms with Gasteiger partial charge in [0.15, 0.2) is 0 Å². The van der Waals surface area contributed by atoms with Gasteiger partial charge in [0, 0.05) is 25.8 Å². The molecular weight excluding hydrogens is 302 g/mol. The van der Waals surface area contributed by atoms with Gasteiger partial charge >= 0.3 is 12.2 Å². The highest BCUT2D eigenvalue weighted by atomic mass is 19.4.